The van der Waals surface area contributed by atoms with Crippen LogP contribution in [0.3, 0.4) is 0 Å². The molecule has 0 saturated heterocycles. The highest BCUT2D eigenvalue weighted by Gasteiger charge is 2.23. The van der Waals surface area contributed by atoms with Crippen LogP contribution in [-0.2, 0) is 4.74 Å². The molecule has 2 atom stereocenters. The summed E-state index contributed by atoms with van der Waals surface area (Å²) in [6.45, 7) is 2.07. The molecule has 0 unspecified atom stereocenters. The van der Waals surface area contributed by atoms with Crippen molar-refractivity contribution in [3.63, 3.8) is 0 Å². The number of hydrogen-bond donors (Lipinski definition) is 2. The van der Waals surface area contributed by atoms with Gasteiger partial charge in [0.2, 0.25) is 0 Å². The summed E-state index contributed by atoms with van der Waals surface area (Å²) < 4.78 is 6.55. The Morgan fingerprint density at radius 1 is 1.50 bits per heavy atom. The molecule has 2 aromatic rings. The van der Waals surface area contributed by atoms with E-state index in [9.17, 15) is 9.90 Å². The maximum atomic E-state index is 11.9. The molecule has 0 aliphatic heterocycles. The number of nitrogens with zero attached hydrogens (tertiary/aromatic N) is 3. The van der Waals surface area contributed by atoms with Crippen LogP contribution in [0.25, 0.3) is 5.65 Å². The molecule has 1 aliphatic rings. The minimum Gasteiger partial charge on any atom is -0.462 e. The maximum absolute atomic E-state index is 11.9. The van der Waals surface area contributed by atoms with E-state index in [4.69, 9.17) is 4.74 Å². The normalized spacial score (nSPS) is 21.7. The first-order valence-electron chi connectivity index (χ1n) is 7.65. The molecule has 0 spiro atoms. The fourth-order valence-corrected chi connectivity index (χ4v) is 2.77. The number of aliphatic hydroxyl groups excluding tert-OH is 1. The number of hydrogen-bond acceptors (Lipinski definition) is 6. The van der Waals surface area contributed by atoms with Crippen LogP contribution in [0, 0.1) is 0 Å². The van der Waals surface area contributed by atoms with E-state index >= 15 is 0 Å². The maximum Gasteiger partial charge on any atom is 0.343 e. The van der Waals surface area contributed by atoms with E-state index in [1.54, 1.807) is 19.2 Å². The monoisotopic (exact) mass is 304 g/mol. The van der Waals surface area contributed by atoms with E-state index in [0.29, 0.717) is 23.6 Å². The average Bonchev–Trinajstić information content (AvgIpc) is 2.93. The minimum absolute atomic E-state index is 0.00216. The molecule has 2 N–H and O–H groups in total. The number of nitrogens with one attached hydrogen (secondary N) is 1. The Morgan fingerprint density at radius 3 is 3.09 bits per heavy atom. The van der Waals surface area contributed by atoms with Gasteiger partial charge in [-0.3, -0.25) is 0 Å². The van der Waals surface area contributed by atoms with E-state index < -0.39 is 5.97 Å². The Bertz CT molecular complexity index is 670. The number of aromatic nitrogens is 3. The van der Waals surface area contributed by atoms with Crippen molar-refractivity contribution in [1.82, 2.24) is 14.6 Å². The smallest absolute Gasteiger partial charge is 0.343 e. The van der Waals surface area contributed by atoms with Gasteiger partial charge in [0.25, 0.3) is 0 Å². The summed E-state index contributed by atoms with van der Waals surface area (Å²) in [7, 11) is 0. The lowest BCUT2D eigenvalue weighted by Gasteiger charge is -2.28. The van der Waals surface area contributed by atoms with Crippen molar-refractivity contribution in [2.45, 2.75) is 44.8 Å². The zero-order valence-corrected chi connectivity index (χ0v) is 12.5. The quantitative estimate of drug-likeness (QED) is 0.834. The zero-order chi connectivity index (χ0) is 15.5. The van der Waals surface area contributed by atoms with Crippen molar-refractivity contribution in [3.05, 3.63) is 24.0 Å². The molecule has 0 aromatic carbocycles. The number of carbonyl (C=O) groups excluding carboxylic acids is 1. The Kier molecular flexibility index (Phi) is 4.24. The molecular formula is C15H20N4O3. The number of esters is 1. The van der Waals surface area contributed by atoms with Crippen LogP contribution in [0.4, 0.5) is 5.82 Å². The number of aliphatic hydroxyl groups is 1. The highest BCUT2D eigenvalue weighted by Crippen LogP contribution is 2.22. The van der Waals surface area contributed by atoms with Gasteiger partial charge in [0.05, 0.1) is 24.9 Å². The minimum atomic E-state index is -0.431. The van der Waals surface area contributed by atoms with E-state index in [1.807, 2.05) is 0 Å². The average molecular weight is 304 g/mol. The van der Waals surface area contributed by atoms with Gasteiger partial charge in [-0.1, -0.05) is 12.8 Å². The summed E-state index contributed by atoms with van der Waals surface area (Å²) in [5, 5.41) is 17.4. The third-order valence-electron chi connectivity index (χ3n) is 3.93. The molecule has 7 nitrogen and oxygen atoms in total. The molecule has 118 valence electrons. The Hall–Kier alpha value is -2.15. The van der Waals surface area contributed by atoms with Gasteiger partial charge in [0, 0.05) is 6.20 Å². The van der Waals surface area contributed by atoms with Crippen molar-refractivity contribution >= 4 is 17.4 Å². The predicted octanol–water partition coefficient (Wildman–Crippen LogP) is 1.62. The van der Waals surface area contributed by atoms with Crippen LogP contribution >= 0.6 is 0 Å². The number of anilines is 1. The van der Waals surface area contributed by atoms with Crippen LogP contribution in [0.15, 0.2) is 18.5 Å². The fraction of sp³-hybridized carbons (Fsp3) is 0.533. The lowest BCUT2D eigenvalue weighted by Crippen LogP contribution is -2.36. The topological polar surface area (TPSA) is 88.8 Å². The first-order chi connectivity index (χ1) is 10.7. The SMILES string of the molecule is CCOC(=O)c1cnn2ccc(N[C@@H]3CCCC[C@H]3O)nc12. The standard InChI is InChI=1S/C15H20N4O3/c1-2-22-15(21)10-9-16-19-8-7-13(18-14(10)19)17-11-5-3-4-6-12(11)20/h7-9,11-12,20H,2-6H2,1H3,(H,17,18)/t11-,12-/m1/s1. The van der Waals surface area contributed by atoms with E-state index in [1.165, 1.54) is 10.7 Å². The number of ether oxygens (including phenoxy) is 1. The number of fused-ring (bicyclic) bond motifs is 1. The molecule has 1 fully saturated rings. The van der Waals surface area contributed by atoms with E-state index in [0.717, 1.165) is 25.7 Å². The van der Waals surface area contributed by atoms with Crippen LogP contribution in [0.5, 0.6) is 0 Å². The molecule has 0 bridgehead atoms. The Morgan fingerprint density at radius 2 is 2.32 bits per heavy atom. The third kappa shape index (κ3) is 2.89. The van der Waals surface area contributed by atoms with Crippen molar-refractivity contribution in [3.8, 4) is 0 Å². The van der Waals surface area contributed by atoms with Crippen molar-refractivity contribution in [1.29, 1.82) is 0 Å². The molecular weight excluding hydrogens is 284 g/mol. The Balaban J connectivity index is 1.85. The van der Waals surface area contributed by atoms with Crippen molar-refractivity contribution < 1.29 is 14.6 Å². The van der Waals surface area contributed by atoms with Gasteiger partial charge in [0.1, 0.15) is 11.4 Å². The van der Waals surface area contributed by atoms with E-state index in [-0.39, 0.29) is 12.1 Å². The molecule has 7 heteroatoms. The first kappa shape index (κ1) is 14.8. The van der Waals surface area contributed by atoms with Gasteiger partial charge in [-0.05, 0) is 25.8 Å². The highest BCUT2D eigenvalue weighted by molar-refractivity contribution is 5.95. The highest BCUT2D eigenvalue weighted by atomic mass is 16.5. The van der Waals surface area contributed by atoms with Gasteiger partial charge in [-0.25, -0.2) is 14.3 Å². The molecule has 22 heavy (non-hydrogen) atoms. The summed E-state index contributed by atoms with van der Waals surface area (Å²) in [6.07, 6.45) is 6.71. The second-order valence-corrected chi connectivity index (χ2v) is 5.46. The molecule has 1 aliphatic carbocycles. The molecule has 3 rings (SSSR count). The molecule has 2 aromatic heterocycles. The second kappa shape index (κ2) is 6.31. The molecule has 2 heterocycles. The van der Waals surface area contributed by atoms with E-state index in [2.05, 4.69) is 15.4 Å². The van der Waals surface area contributed by atoms with Crippen LogP contribution in [0.2, 0.25) is 0 Å². The lowest BCUT2D eigenvalue weighted by molar-refractivity contribution is 0.0528. The number of carbonyl (C=O) groups is 1. The first-order valence-corrected chi connectivity index (χ1v) is 7.65. The molecule has 0 radical (unpaired) electrons. The van der Waals surface area contributed by atoms with Gasteiger partial charge < -0.3 is 15.2 Å². The van der Waals surface area contributed by atoms with Gasteiger partial charge in [-0.2, -0.15) is 5.10 Å². The van der Waals surface area contributed by atoms with Gasteiger partial charge in [0.15, 0.2) is 5.65 Å². The van der Waals surface area contributed by atoms with Gasteiger partial charge in [-0.15, -0.1) is 0 Å². The van der Waals surface area contributed by atoms with Crippen LogP contribution in [0.1, 0.15) is 43.0 Å². The van der Waals surface area contributed by atoms with Crippen molar-refractivity contribution in [2.24, 2.45) is 0 Å². The zero-order valence-electron chi connectivity index (χ0n) is 12.5. The summed E-state index contributed by atoms with van der Waals surface area (Å²) in [5.74, 6) is 0.198. The summed E-state index contributed by atoms with van der Waals surface area (Å²) >= 11 is 0. The summed E-state index contributed by atoms with van der Waals surface area (Å²) in [5.41, 5.74) is 0.795. The molecule has 0 amide bonds. The number of rotatable bonds is 4. The Labute approximate surface area is 128 Å². The van der Waals surface area contributed by atoms with Crippen LogP contribution in [-0.4, -0.2) is 44.4 Å². The molecule has 1 saturated carbocycles. The van der Waals surface area contributed by atoms with Crippen LogP contribution < -0.4 is 5.32 Å². The largest absolute Gasteiger partial charge is 0.462 e. The van der Waals surface area contributed by atoms with Gasteiger partial charge >= 0.3 is 5.97 Å². The summed E-state index contributed by atoms with van der Waals surface area (Å²) in [4.78, 5) is 16.3. The second-order valence-electron chi connectivity index (χ2n) is 5.46. The lowest BCUT2D eigenvalue weighted by atomic mass is 9.93. The van der Waals surface area contributed by atoms with Crippen molar-refractivity contribution in [2.75, 3.05) is 11.9 Å². The predicted molar refractivity (Wildman–Crippen MR) is 80.8 cm³/mol. The fourth-order valence-electron chi connectivity index (χ4n) is 2.77. The third-order valence-corrected chi connectivity index (χ3v) is 3.93. The summed E-state index contributed by atoms with van der Waals surface area (Å²) in [6, 6.07) is 1.79.